The number of carbonyl (C=O) groups excluding carboxylic acids is 1. The summed E-state index contributed by atoms with van der Waals surface area (Å²) in [5, 5.41) is 3.20. The van der Waals surface area contributed by atoms with E-state index >= 15 is 0 Å². The molecule has 1 saturated heterocycles. The molecule has 0 aromatic heterocycles. The van der Waals surface area contributed by atoms with Crippen LogP contribution in [0.1, 0.15) is 13.3 Å². The molecule has 0 aromatic carbocycles. The third kappa shape index (κ3) is 2.67. The maximum absolute atomic E-state index is 10.7. The lowest BCUT2D eigenvalue weighted by Gasteiger charge is -2.13. The summed E-state index contributed by atoms with van der Waals surface area (Å²) in [6.45, 7) is 3.88. The Hall–Kier alpha value is -0.280. The van der Waals surface area contributed by atoms with Crippen molar-refractivity contribution < 1.29 is 4.79 Å². The molecule has 1 rings (SSSR count). The van der Waals surface area contributed by atoms with Crippen LogP contribution in [0.4, 0.5) is 0 Å². The number of carbonyl (C=O) groups is 1. The largest absolute Gasteiger partial charge is 0.369 e. The summed E-state index contributed by atoms with van der Waals surface area (Å²) >= 11 is 0. The van der Waals surface area contributed by atoms with Gasteiger partial charge < -0.3 is 11.1 Å². The van der Waals surface area contributed by atoms with Crippen LogP contribution < -0.4 is 11.1 Å². The van der Waals surface area contributed by atoms with E-state index in [1.807, 2.05) is 6.92 Å². The minimum absolute atomic E-state index is 0. The molecule has 0 spiro atoms. The highest BCUT2D eigenvalue weighted by atomic mass is 35.5. The molecule has 0 saturated carbocycles. The molecule has 1 heterocycles. The second-order valence-electron chi connectivity index (χ2n) is 2.94. The smallest absolute Gasteiger partial charge is 0.220 e. The SMILES string of the molecule is CC(C(N)=O)C1CCNC1.Cl. The van der Waals surface area contributed by atoms with Crippen molar-refractivity contribution in [1.82, 2.24) is 5.32 Å². The Kier molecular flexibility index (Phi) is 4.45. The highest BCUT2D eigenvalue weighted by molar-refractivity contribution is 5.85. The van der Waals surface area contributed by atoms with Gasteiger partial charge in [-0.25, -0.2) is 0 Å². The molecule has 66 valence electrons. The van der Waals surface area contributed by atoms with E-state index in [1.165, 1.54) is 0 Å². The lowest BCUT2D eigenvalue weighted by atomic mass is 9.93. The van der Waals surface area contributed by atoms with Crippen molar-refractivity contribution >= 4 is 18.3 Å². The lowest BCUT2D eigenvalue weighted by molar-refractivity contribution is -0.122. The summed E-state index contributed by atoms with van der Waals surface area (Å²) in [6.07, 6.45) is 1.09. The number of amides is 1. The number of nitrogens with one attached hydrogen (secondary N) is 1. The number of hydrogen-bond donors (Lipinski definition) is 2. The predicted molar refractivity (Wildman–Crippen MR) is 46.6 cm³/mol. The first-order chi connectivity index (χ1) is 4.72. The summed E-state index contributed by atoms with van der Waals surface area (Å²) in [5.41, 5.74) is 5.15. The molecule has 4 heteroatoms. The third-order valence-corrected chi connectivity index (χ3v) is 2.25. The first kappa shape index (κ1) is 10.7. The van der Waals surface area contributed by atoms with Gasteiger partial charge in [0.2, 0.25) is 5.91 Å². The van der Waals surface area contributed by atoms with Crippen LogP contribution >= 0.6 is 12.4 Å². The van der Waals surface area contributed by atoms with Crippen LogP contribution in [-0.4, -0.2) is 19.0 Å². The van der Waals surface area contributed by atoms with Crippen LogP contribution in [0.2, 0.25) is 0 Å². The highest BCUT2D eigenvalue weighted by Crippen LogP contribution is 2.17. The van der Waals surface area contributed by atoms with E-state index in [0.29, 0.717) is 5.92 Å². The minimum Gasteiger partial charge on any atom is -0.369 e. The number of hydrogen-bond acceptors (Lipinski definition) is 2. The molecule has 1 amide bonds. The Morgan fingerprint density at radius 1 is 1.73 bits per heavy atom. The van der Waals surface area contributed by atoms with Crippen molar-refractivity contribution in [3.05, 3.63) is 0 Å². The molecule has 2 unspecified atom stereocenters. The molecule has 2 atom stereocenters. The Morgan fingerprint density at radius 3 is 2.73 bits per heavy atom. The van der Waals surface area contributed by atoms with E-state index in [4.69, 9.17) is 5.73 Å². The topological polar surface area (TPSA) is 55.1 Å². The van der Waals surface area contributed by atoms with Crippen molar-refractivity contribution in [2.75, 3.05) is 13.1 Å². The standard InChI is InChI=1S/C7H14N2O.ClH/c1-5(7(8)10)6-2-3-9-4-6;/h5-6,9H,2-4H2,1H3,(H2,8,10);1H. The van der Waals surface area contributed by atoms with Gasteiger partial charge in [0.25, 0.3) is 0 Å². The fraction of sp³-hybridized carbons (Fsp3) is 0.857. The minimum atomic E-state index is -0.172. The van der Waals surface area contributed by atoms with Crippen molar-refractivity contribution in [2.24, 2.45) is 17.6 Å². The average molecular weight is 179 g/mol. The molecule has 3 N–H and O–H groups in total. The van der Waals surface area contributed by atoms with Gasteiger partial charge in [0.1, 0.15) is 0 Å². The maximum Gasteiger partial charge on any atom is 0.220 e. The summed E-state index contributed by atoms with van der Waals surface area (Å²) in [4.78, 5) is 10.7. The molecular formula is C7H15ClN2O. The molecular weight excluding hydrogens is 164 g/mol. The zero-order valence-electron chi connectivity index (χ0n) is 6.67. The molecule has 1 aliphatic rings. The molecule has 0 bridgehead atoms. The van der Waals surface area contributed by atoms with Gasteiger partial charge >= 0.3 is 0 Å². The van der Waals surface area contributed by atoms with Crippen LogP contribution in [0, 0.1) is 11.8 Å². The van der Waals surface area contributed by atoms with E-state index < -0.39 is 0 Å². The van der Waals surface area contributed by atoms with Gasteiger partial charge in [0.15, 0.2) is 0 Å². The zero-order valence-corrected chi connectivity index (χ0v) is 7.49. The van der Waals surface area contributed by atoms with Crippen molar-refractivity contribution in [1.29, 1.82) is 0 Å². The van der Waals surface area contributed by atoms with E-state index in [-0.39, 0.29) is 24.2 Å². The monoisotopic (exact) mass is 178 g/mol. The molecule has 0 radical (unpaired) electrons. The van der Waals surface area contributed by atoms with E-state index in [0.717, 1.165) is 19.5 Å². The molecule has 11 heavy (non-hydrogen) atoms. The van der Waals surface area contributed by atoms with Gasteiger partial charge in [-0.2, -0.15) is 0 Å². The predicted octanol–water partition coefficient (Wildman–Crippen LogP) is 0.139. The second kappa shape index (κ2) is 4.57. The summed E-state index contributed by atoms with van der Waals surface area (Å²) in [6, 6.07) is 0. The number of nitrogens with two attached hydrogens (primary N) is 1. The maximum atomic E-state index is 10.7. The van der Waals surface area contributed by atoms with Gasteiger partial charge in [-0.3, -0.25) is 4.79 Å². The fourth-order valence-electron chi connectivity index (χ4n) is 1.34. The van der Waals surface area contributed by atoms with Gasteiger partial charge in [-0.05, 0) is 25.4 Å². The Balaban J connectivity index is 0.000001000. The zero-order chi connectivity index (χ0) is 7.56. The van der Waals surface area contributed by atoms with Crippen LogP contribution in [0.3, 0.4) is 0 Å². The van der Waals surface area contributed by atoms with Crippen molar-refractivity contribution in [2.45, 2.75) is 13.3 Å². The Bertz CT molecular complexity index is 134. The normalized spacial score (nSPS) is 25.7. The van der Waals surface area contributed by atoms with Crippen LogP contribution in [0.15, 0.2) is 0 Å². The highest BCUT2D eigenvalue weighted by Gasteiger charge is 2.24. The number of halogens is 1. The fourth-order valence-corrected chi connectivity index (χ4v) is 1.34. The van der Waals surface area contributed by atoms with Crippen LogP contribution in [-0.2, 0) is 4.79 Å². The number of rotatable bonds is 2. The van der Waals surface area contributed by atoms with E-state index in [1.54, 1.807) is 0 Å². The van der Waals surface area contributed by atoms with Gasteiger partial charge in [-0.15, -0.1) is 12.4 Å². The van der Waals surface area contributed by atoms with Gasteiger partial charge in [-0.1, -0.05) is 6.92 Å². The molecule has 1 aliphatic heterocycles. The molecule has 3 nitrogen and oxygen atoms in total. The summed E-state index contributed by atoms with van der Waals surface area (Å²) in [7, 11) is 0. The lowest BCUT2D eigenvalue weighted by Crippen LogP contribution is -2.28. The van der Waals surface area contributed by atoms with Crippen LogP contribution in [0.25, 0.3) is 0 Å². The summed E-state index contributed by atoms with van der Waals surface area (Å²) < 4.78 is 0. The van der Waals surface area contributed by atoms with Gasteiger partial charge in [0.05, 0.1) is 0 Å². The quantitative estimate of drug-likeness (QED) is 0.632. The molecule has 0 aliphatic carbocycles. The van der Waals surface area contributed by atoms with Crippen molar-refractivity contribution in [3.63, 3.8) is 0 Å². The Morgan fingerprint density at radius 2 is 2.36 bits per heavy atom. The Labute approximate surface area is 73.1 Å². The van der Waals surface area contributed by atoms with Crippen molar-refractivity contribution in [3.8, 4) is 0 Å². The van der Waals surface area contributed by atoms with E-state index in [9.17, 15) is 4.79 Å². The molecule has 1 fully saturated rings. The third-order valence-electron chi connectivity index (χ3n) is 2.25. The summed E-state index contributed by atoms with van der Waals surface area (Å²) in [5.74, 6) is 0.334. The van der Waals surface area contributed by atoms with Gasteiger partial charge in [0, 0.05) is 5.92 Å². The number of primary amides is 1. The molecule has 0 aromatic rings. The van der Waals surface area contributed by atoms with E-state index in [2.05, 4.69) is 5.32 Å². The van der Waals surface area contributed by atoms with Crippen LogP contribution in [0.5, 0.6) is 0 Å². The second-order valence-corrected chi connectivity index (χ2v) is 2.94. The first-order valence-corrected chi connectivity index (χ1v) is 3.72. The first-order valence-electron chi connectivity index (χ1n) is 3.72. The average Bonchev–Trinajstić information content (AvgIpc) is 2.36.